The second-order valence-electron chi connectivity index (χ2n) is 5.85. The first-order valence-electron chi connectivity index (χ1n) is 7.33. The van der Waals surface area contributed by atoms with Crippen molar-refractivity contribution in [3.05, 3.63) is 35.4 Å². The van der Waals surface area contributed by atoms with E-state index in [-0.39, 0.29) is 0 Å². The number of hydrogen-bond acceptors (Lipinski definition) is 3. The second kappa shape index (κ2) is 7.04. The zero-order valence-corrected chi connectivity index (χ0v) is 12.1. The molecule has 3 N–H and O–H groups in total. The van der Waals surface area contributed by atoms with Crippen molar-refractivity contribution >= 4 is 0 Å². The Bertz CT molecular complexity index is 369. The quantitative estimate of drug-likeness (QED) is 0.633. The molecule has 1 fully saturated rings. The van der Waals surface area contributed by atoms with Crippen LogP contribution in [-0.4, -0.2) is 19.3 Å². The van der Waals surface area contributed by atoms with Gasteiger partial charge in [0.25, 0.3) is 0 Å². The highest BCUT2D eigenvalue weighted by atomic mass is 16.5. The minimum absolute atomic E-state index is 0.310. The lowest BCUT2D eigenvalue weighted by molar-refractivity contribution is 0.0393. The molecule has 1 aliphatic rings. The van der Waals surface area contributed by atoms with Crippen LogP contribution in [0.15, 0.2) is 24.3 Å². The van der Waals surface area contributed by atoms with Crippen LogP contribution in [0.3, 0.4) is 0 Å². The molecular weight excluding hydrogens is 236 g/mol. The molecule has 1 saturated heterocycles. The van der Waals surface area contributed by atoms with Gasteiger partial charge in [0.15, 0.2) is 0 Å². The van der Waals surface area contributed by atoms with Gasteiger partial charge in [-0.15, -0.1) is 0 Å². The fraction of sp³-hybridized carbons (Fsp3) is 0.625. The van der Waals surface area contributed by atoms with Gasteiger partial charge >= 0.3 is 0 Å². The Balaban J connectivity index is 1.97. The maximum Gasteiger partial charge on any atom is 0.0509 e. The van der Waals surface area contributed by atoms with Gasteiger partial charge in [0, 0.05) is 12.6 Å². The fourth-order valence-electron chi connectivity index (χ4n) is 2.74. The molecule has 2 unspecified atom stereocenters. The molecule has 3 heteroatoms. The van der Waals surface area contributed by atoms with Crippen LogP contribution in [0.4, 0.5) is 0 Å². The minimum atomic E-state index is 0.310. The Hall–Kier alpha value is -0.900. The van der Waals surface area contributed by atoms with Crippen LogP contribution < -0.4 is 11.3 Å². The standard InChI is InChI=1S/C16H26N2O/c1-12(2)14-7-5-13(6-8-14)10-16(18-17)15-4-3-9-19-11-15/h5-8,12,15-16,18H,3-4,9-11,17H2,1-2H3. The summed E-state index contributed by atoms with van der Waals surface area (Å²) >= 11 is 0. The van der Waals surface area contributed by atoms with E-state index in [4.69, 9.17) is 10.6 Å². The monoisotopic (exact) mass is 262 g/mol. The largest absolute Gasteiger partial charge is 0.381 e. The molecule has 1 aromatic carbocycles. The van der Waals surface area contributed by atoms with Crippen molar-refractivity contribution in [1.82, 2.24) is 5.43 Å². The van der Waals surface area contributed by atoms with Gasteiger partial charge in [-0.2, -0.15) is 0 Å². The summed E-state index contributed by atoms with van der Waals surface area (Å²) in [5, 5.41) is 0. The lowest BCUT2D eigenvalue weighted by Crippen LogP contribution is -2.45. The van der Waals surface area contributed by atoms with E-state index < -0.39 is 0 Å². The first-order chi connectivity index (χ1) is 9.20. The number of hydrazine groups is 1. The number of benzene rings is 1. The molecule has 3 nitrogen and oxygen atoms in total. The molecule has 0 bridgehead atoms. The molecule has 2 atom stereocenters. The lowest BCUT2D eigenvalue weighted by atomic mass is 9.89. The molecule has 0 aromatic heterocycles. The average Bonchev–Trinajstić information content (AvgIpc) is 2.46. The summed E-state index contributed by atoms with van der Waals surface area (Å²) in [6, 6.07) is 9.22. The molecule has 0 aliphatic carbocycles. The van der Waals surface area contributed by atoms with Crippen molar-refractivity contribution in [1.29, 1.82) is 0 Å². The third-order valence-corrected chi connectivity index (χ3v) is 4.08. The molecule has 19 heavy (non-hydrogen) atoms. The van der Waals surface area contributed by atoms with E-state index in [9.17, 15) is 0 Å². The smallest absolute Gasteiger partial charge is 0.0509 e. The van der Waals surface area contributed by atoms with Crippen LogP contribution in [0.5, 0.6) is 0 Å². The summed E-state index contributed by atoms with van der Waals surface area (Å²) in [6.45, 7) is 6.17. The van der Waals surface area contributed by atoms with Gasteiger partial charge in [-0.3, -0.25) is 11.3 Å². The first-order valence-corrected chi connectivity index (χ1v) is 7.33. The van der Waals surface area contributed by atoms with E-state index in [1.165, 1.54) is 17.5 Å². The van der Waals surface area contributed by atoms with E-state index in [1.807, 2.05) is 0 Å². The van der Waals surface area contributed by atoms with Crippen molar-refractivity contribution in [2.45, 2.75) is 45.1 Å². The summed E-state index contributed by atoms with van der Waals surface area (Å²) in [7, 11) is 0. The number of nitrogens with two attached hydrogens (primary N) is 1. The molecule has 0 spiro atoms. The van der Waals surface area contributed by atoms with E-state index in [0.717, 1.165) is 26.1 Å². The molecule has 106 valence electrons. The topological polar surface area (TPSA) is 47.3 Å². The van der Waals surface area contributed by atoms with Crippen molar-refractivity contribution < 1.29 is 4.74 Å². The summed E-state index contributed by atoms with van der Waals surface area (Å²) < 4.78 is 5.56. The normalized spacial score (nSPS) is 21.6. The Morgan fingerprint density at radius 3 is 2.58 bits per heavy atom. The molecule has 0 saturated carbocycles. The minimum Gasteiger partial charge on any atom is -0.381 e. The highest BCUT2D eigenvalue weighted by Gasteiger charge is 2.23. The van der Waals surface area contributed by atoms with Crippen molar-refractivity contribution in [2.24, 2.45) is 11.8 Å². The van der Waals surface area contributed by atoms with Crippen LogP contribution in [0.1, 0.15) is 43.7 Å². The van der Waals surface area contributed by atoms with Crippen LogP contribution >= 0.6 is 0 Å². The van der Waals surface area contributed by atoms with E-state index in [1.54, 1.807) is 0 Å². The number of rotatable bonds is 5. The van der Waals surface area contributed by atoms with Gasteiger partial charge in [0.05, 0.1) is 6.61 Å². The Labute approximate surface area is 116 Å². The summed E-state index contributed by atoms with van der Waals surface area (Å²) in [6.07, 6.45) is 3.33. The van der Waals surface area contributed by atoms with Crippen molar-refractivity contribution in [3.63, 3.8) is 0 Å². The first kappa shape index (κ1) is 14.5. The van der Waals surface area contributed by atoms with Gasteiger partial charge in [-0.05, 0) is 42.2 Å². The van der Waals surface area contributed by atoms with Gasteiger partial charge < -0.3 is 4.74 Å². The predicted octanol–water partition coefficient (Wildman–Crippen LogP) is 2.61. The zero-order valence-electron chi connectivity index (χ0n) is 12.1. The zero-order chi connectivity index (χ0) is 13.7. The maximum atomic E-state index is 5.72. The number of nitrogens with one attached hydrogen (secondary N) is 1. The van der Waals surface area contributed by atoms with Crippen LogP contribution in [-0.2, 0) is 11.2 Å². The molecule has 0 amide bonds. The summed E-state index contributed by atoms with van der Waals surface area (Å²) in [5.41, 5.74) is 5.71. The van der Waals surface area contributed by atoms with Gasteiger partial charge in [0.1, 0.15) is 0 Å². The Morgan fingerprint density at radius 1 is 1.32 bits per heavy atom. The maximum absolute atomic E-state index is 5.72. The van der Waals surface area contributed by atoms with E-state index >= 15 is 0 Å². The van der Waals surface area contributed by atoms with Crippen LogP contribution in [0.25, 0.3) is 0 Å². The van der Waals surface area contributed by atoms with Crippen molar-refractivity contribution in [2.75, 3.05) is 13.2 Å². The van der Waals surface area contributed by atoms with E-state index in [2.05, 4.69) is 43.5 Å². The second-order valence-corrected chi connectivity index (χ2v) is 5.85. The Morgan fingerprint density at radius 2 is 2.05 bits per heavy atom. The highest BCUT2D eigenvalue weighted by molar-refractivity contribution is 5.25. The van der Waals surface area contributed by atoms with Crippen LogP contribution in [0, 0.1) is 5.92 Å². The average molecular weight is 262 g/mol. The number of hydrogen-bond donors (Lipinski definition) is 2. The van der Waals surface area contributed by atoms with Gasteiger partial charge in [0.2, 0.25) is 0 Å². The van der Waals surface area contributed by atoms with E-state index in [0.29, 0.717) is 17.9 Å². The van der Waals surface area contributed by atoms with Crippen molar-refractivity contribution in [3.8, 4) is 0 Å². The molecule has 2 rings (SSSR count). The Kier molecular flexibility index (Phi) is 5.37. The van der Waals surface area contributed by atoms with Crippen LogP contribution in [0.2, 0.25) is 0 Å². The molecule has 1 aromatic rings. The highest BCUT2D eigenvalue weighted by Crippen LogP contribution is 2.21. The van der Waals surface area contributed by atoms with Gasteiger partial charge in [-0.25, -0.2) is 0 Å². The third kappa shape index (κ3) is 4.03. The molecule has 1 aliphatic heterocycles. The number of ether oxygens (including phenoxy) is 1. The lowest BCUT2D eigenvalue weighted by Gasteiger charge is -2.29. The summed E-state index contributed by atoms with van der Waals surface area (Å²) in [5.74, 6) is 6.84. The third-order valence-electron chi connectivity index (χ3n) is 4.08. The molecule has 1 heterocycles. The molecule has 0 radical (unpaired) electrons. The molecular formula is C16H26N2O. The van der Waals surface area contributed by atoms with Gasteiger partial charge in [-0.1, -0.05) is 38.1 Å². The summed E-state index contributed by atoms with van der Waals surface area (Å²) in [4.78, 5) is 0. The fourth-order valence-corrected chi connectivity index (χ4v) is 2.74. The predicted molar refractivity (Wildman–Crippen MR) is 78.9 cm³/mol. The SMILES string of the molecule is CC(C)c1ccc(CC(NN)C2CCCOC2)cc1.